The molecule has 0 aromatic carbocycles. The lowest BCUT2D eigenvalue weighted by Crippen LogP contribution is -2.42. The molecule has 4 heteroatoms. The van der Waals surface area contributed by atoms with Gasteiger partial charge in [0.25, 0.3) is 0 Å². The molecule has 1 amide bonds. The molecule has 2 aliphatic carbocycles. The second kappa shape index (κ2) is 7.65. The van der Waals surface area contributed by atoms with E-state index in [-0.39, 0.29) is 23.8 Å². The average Bonchev–Trinajstić information content (AvgIpc) is 2.38. The van der Waals surface area contributed by atoms with Crippen molar-refractivity contribution in [3.63, 3.8) is 0 Å². The minimum absolute atomic E-state index is 0.0720. The number of hydrogen-bond donors (Lipinski definition) is 2. The van der Waals surface area contributed by atoms with E-state index < -0.39 is 5.97 Å². The Labute approximate surface area is 121 Å². The Balaban J connectivity index is 1.81. The van der Waals surface area contributed by atoms with Gasteiger partial charge < -0.3 is 10.4 Å². The smallest absolute Gasteiger partial charge is 0.306 e. The highest BCUT2D eigenvalue weighted by atomic mass is 16.4. The maximum Gasteiger partial charge on any atom is 0.306 e. The van der Waals surface area contributed by atoms with Gasteiger partial charge in [0.2, 0.25) is 5.91 Å². The molecule has 2 unspecified atom stereocenters. The third-order valence-electron chi connectivity index (χ3n) is 4.85. The zero-order valence-corrected chi connectivity index (χ0v) is 12.3. The Bertz CT molecular complexity index is 335. The van der Waals surface area contributed by atoms with Crippen LogP contribution in [-0.4, -0.2) is 23.0 Å². The van der Waals surface area contributed by atoms with E-state index in [1.807, 2.05) is 0 Å². The molecule has 0 aromatic rings. The normalized spacial score (nSPS) is 29.2. The molecule has 0 saturated heterocycles. The van der Waals surface area contributed by atoms with E-state index in [4.69, 9.17) is 5.11 Å². The van der Waals surface area contributed by atoms with Crippen molar-refractivity contribution in [3.8, 4) is 0 Å². The van der Waals surface area contributed by atoms with Crippen molar-refractivity contribution in [3.05, 3.63) is 0 Å². The topological polar surface area (TPSA) is 66.4 Å². The summed E-state index contributed by atoms with van der Waals surface area (Å²) in [6, 6.07) is 0.0720. The van der Waals surface area contributed by atoms with Gasteiger partial charge in [-0.15, -0.1) is 0 Å². The van der Waals surface area contributed by atoms with Crippen molar-refractivity contribution in [2.75, 3.05) is 0 Å². The molecule has 2 atom stereocenters. The van der Waals surface area contributed by atoms with E-state index >= 15 is 0 Å². The van der Waals surface area contributed by atoms with E-state index in [0.717, 1.165) is 44.9 Å². The molecule has 0 radical (unpaired) electrons. The van der Waals surface area contributed by atoms with Crippen LogP contribution in [0.5, 0.6) is 0 Å². The van der Waals surface area contributed by atoms with Crippen LogP contribution in [0.25, 0.3) is 0 Å². The number of nitrogens with one attached hydrogen (secondary N) is 1. The largest absolute Gasteiger partial charge is 0.481 e. The first kappa shape index (κ1) is 15.3. The van der Waals surface area contributed by atoms with Gasteiger partial charge in [-0.2, -0.15) is 0 Å². The Morgan fingerprint density at radius 1 is 0.800 bits per heavy atom. The molecular weight excluding hydrogens is 254 g/mol. The lowest BCUT2D eigenvalue weighted by Gasteiger charge is -2.29. The molecule has 114 valence electrons. The Hall–Kier alpha value is -1.06. The van der Waals surface area contributed by atoms with Crippen LogP contribution in [0.4, 0.5) is 0 Å². The van der Waals surface area contributed by atoms with Gasteiger partial charge in [-0.3, -0.25) is 9.59 Å². The third kappa shape index (κ3) is 4.50. The summed E-state index contributed by atoms with van der Waals surface area (Å²) in [4.78, 5) is 23.4. The van der Waals surface area contributed by atoms with Crippen LogP contribution >= 0.6 is 0 Å². The van der Waals surface area contributed by atoms with Crippen molar-refractivity contribution in [2.24, 2.45) is 11.8 Å². The van der Waals surface area contributed by atoms with Gasteiger partial charge in [0.05, 0.1) is 5.92 Å². The van der Waals surface area contributed by atoms with Crippen LogP contribution in [0.2, 0.25) is 0 Å². The van der Waals surface area contributed by atoms with Crippen LogP contribution in [0.15, 0.2) is 0 Å². The van der Waals surface area contributed by atoms with E-state index in [9.17, 15) is 9.59 Å². The Kier molecular flexibility index (Phi) is 5.86. The van der Waals surface area contributed by atoms with Gasteiger partial charge in [-0.1, -0.05) is 38.5 Å². The average molecular weight is 281 g/mol. The first-order chi connectivity index (χ1) is 9.66. The number of hydrogen-bond acceptors (Lipinski definition) is 2. The number of carboxylic acid groups (broad SMARTS) is 1. The number of carbonyl (C=O) groups is 2. The van der Waals surface area contributed by atoms with Gasteiger partial charge in [0.15, 0.2) is 0 Å². The van der Waals surface area contributed by atoms with Crippen molar-refractivity contribution in [1.29, 1.82) is 0 Å². The lowest BCUT2D eigenvalue weighted by atomic mass is 9.85. The second-order valence-corrected chi connectivity index (χ2v) is 6.45. The van der Waals surface area contributed by atoms with Gasteiger partial charge in [0.1, 0.15) is 0 Å². The highest BCUT2D eigenvalue weighted by molar-refractivity contribution is 5.79. The molecule has 2 fully saturated rings. The van der Waals surface area contributed by atoms with Gasteiger partial charge in [-0.25, -0.2) is 0 Å². The van der Waals surface area contributed by atoms with Crippen molar-refractivity contribution in [2.45, 2.75) is 76.7 Å². The SMILES string of the molecule is O=C(O)C1CCCC(NC(=O)C2CCCCCCC2)C1. The monoisotopic (exact) mass is 281 g/mol. The summed E-state index contributed by atoms with van der Waals surface area (Å²) in [6.45, 7) is 0. The Morgan fingerprint density at radius 2 is 1.40 bits per heavy atom. The summed E-state index contributed by atoms with van der Waals surface area (Å²) in [5.74, 6) is -0.662. The molecule has 0 aromatic heterocycles. The Morgan fingerprint density at radius 3 is 2.05 bits per heavy atom. The third-order valence-corrected chi connectivity index (χ3v) is 4.85. The first-order valence-corrected chi connectivity index (χ1v) is 8.20. The quantitative estimate of drug-likeness (QED) is 0.835. The summed E-state index contributed by atoms with van der Waals surface area (Å²) in [7, 11) is 0. The minimum atomic E-state index is -0.713. The highest BCUT2D eigenvalue weighted by Crippen LogP contribution is 2.26. The molecule has 0 aliphatic heterocycles. The van der Waals surface area contributed by atoms with Crippen LogP contribution in [-0.2, 0) is 9.59 Å². The fourth-order valence-electron chi connectivity index (χ4n) is 3.58. The summed E-state index contributed by atoms with van der Waals surface area (Å²) in [5, 5.41) is 12.2. The van der Waals surface area contributed by atoms with E-state index in [0.29, 0.717) is 6.42 Å². The van der Waals surface area contributed by atoms with E-state index in [2.05, 4.69) is 5.32 Å². The molecule has 2 N–H and O–H groups in total. The number of carboxylic acids is 1. The zero-order chi connectivity index (χ0) is 14.4. The number of rotatable bonds is 3. The molecular formula is C16H27NO3. The molecule has 2 rings (SSSR count). The fraction of sp³-hybridized carbons (Fsp3) is 0.875. The van der Waals surface area contributed by atoms with Crippen LogP contribution in [0.3, 0.4) is 0 Å². The molecule has 20 heavy (non-hydrogen) atoms. The van der Waals surface area contributed by atoms with Gasteiger partial charge in [-0.05, 0) is 32.1 Å². The summed E-state index contributed by atoms with van der Waals surface area (Å²) in [5.41, 5.74) is 0. The molecule has 2 aliphatic rings. The van der Waals surface area contributed by atoms with Gasteiger partial charge in [0, 0.05) is 12.0 Å². The zero-order valence-electron chi connectivity index (χ0n) is 12.3. The summed E-state index contributed by atoms with van der Waals surface area (Å²) in [6.07, 6.45) is 11.3. The van der Waals surface area contributed by atoms with E-state index in [1.165, 1.54) is 19.3 Å². The lowest BCUT2D eigenvalue weighted by molar-refractivity contribution is -0.143. The van der Waals surface area contributed by atoms with Crippen molar-refractivity contribution < 1.29 is 14.7 Å². The summed E-state index contributed by atoms with van der Waals surface area (Å²) >= 11 is 0. The van der Waals surface area contributed by atoms with Gasteiger partial charge >= 0.3 is 5.97 Å². The number of carbonyl (C=O) groups excluding carboxylic acids is 1. The fourth-order valence-corrected chi connectivity index (χ4v) is 3.58. The molecule has 2 saturated carbocycles. The second-order valence-electron chi connectivity index (χ2n) is 6.45. The first-order valence-electron chi connectivity index (χ1n) is 8.20. The number of amides is 1. The maximum absolute atomic E-state index is 12.3. The molecule has 4 nitrogen and oxygen atoms in total. The maximum atomic E-state index is 12.3. The van der Waals surface area contributed by atoms with Crippen LogP contribution in [0, 0.1) is 11.8 Å². The summed E-state index contributed by atoms with van der Waals surface area (Å²) < 4.78 is 0. The van der Waals surface area contributed by atoms with Crippen molar-refractivity contribution >= 4 is 11.9 Å². The van der Waals surface area contributed by atoms with Crippen LogP contribution < -0.4 is 5.32 Å². The minimum Gasteiger partial charge on any atom is -0.481 e. The predicted molar refractivity (Wildman–Crippen MR) is 77.3 cm³/mol. The van der Waals surface area contributed by atoms with Crippen LogP contribution in [0.1, 0.15) is 70.6 Å². The molecule has 0 bridgehead atoms. The number of aliphatic carboxylic acids is 1. The molecule has 0 heterocycles. The predicted octanol–water partition coefficient (Wildman–Crippen LogP) is 3.11. The van der Waals surface area contributed by atoms with Crippen molar-refractivity contribution in [1.82, 2.24) is 5.32 Å². The molecule has 0 spiro atoms. The van der Waals surface area contributed by atoms with E-state index in [1.54, 1.807) is 0 Å². The standard InChI is InChI=1S/C16H27NO3/c18-15(12-7-4-2-1-3-5-8-12)17-14-10-6-9-13(11-14)16(19)20/h12-14H,1-11H2,(H,17,18)(H,19,20). The highest BCUT2D eigenvalue weighted by Gasteiger charge is 2.29.